The Balaban J connectivity index is 0.00000306. The van der Waals surface area contributed by atoms with Gasteiger partial charge in [0.1, 0.15) is 5.78 Å². The van der Waals surface area contributed by atoms with Gasteiger partial charge in [-0.15, -0.1) is 0 Å². The number of methoxy groups -OCH3 is 2. The number of hydrogen-bond donors (Lipinski definition) is 0. The molecule has 32 heavy (non-hydrogen) atoms. The third-order valence-corrected chi connectivity index (χ3v) is 6.24. The van der Waals surface area contributed by atoms with E-state index in [-0.39, 0.29) is 7.21 Å². The highest BCUT2D eigenvalue weighted by Gasteiger charge is 2.24. The van der Waals surface area contributed by atoms with Crippen LogP contribution in [0.4, 0.5) is 0 Å². The van der Waals surface area contributed by atoms with Crippen LogP contribution in [0, 0.1) is 0 Å². The lowest BCUT2D eigenvalue weighted by Gasteiger charge is -2.27. The van der Waals surface area contributed by atoms with Crippen molar-refractivity contribution < 1.29 is 15.7 Å². The molecule has 1 aliphatic carbocycles. The molecule has 3 aromatic carbocycles. The summed E-state index contributed by atoms with van der Waals surface area (Å²) in [6.45, 7) is 2.01. The second-order valence-electron chi connectivity index (χ2n) is 8.50. The third kappa shape index (κ3) is 4.77. The molecule has 0 amide bonds. The van der Waals surface area contributed by atoms with Crippen molar-refractivity contribution in [1.29, 1.82) is 0 Å². The van der Waals surface area contributed by atoms with Gasteiger partial charge >= 0.3 is 0 Å². The van der Waals surface area contributed by atoms with Gasteiger partial charge in [0.15, 0.2) is 11.5 Å². The van der Waals surface area contributed by atoms with E-state index in [1.54, 1.807) is 14.2 Å². The molecule has 0 saturated carbocycles. The van der Waals surface area contributed by atoms with Gasteiger partial charge in [0.25, 0.3) is 0 Å². The van der Waals surface area contributed by atoms with E-state index in [1.165, 1.54) is 22.3 Å². The Morgan fingerprint density at radius 2 is 1.69 bits per heavy atom. The first kappa shape index (κ1) is 21.9. The highest BCUT2D eigenvalue weighted by atomic mass is 16.5. The van der Waals surface area contributed by atoms with Crippen molar-refractivity contribution in [1.82, 2.24) is 0 Å². The first-order chi connectivity index (χ1) is 15.6. The highest BCUT2D eigenvalue weighted by molar-refractivity contribution is 5.82. The minimum absolute atomic E-state index is 0. The minimum atomic E-state index is 0. The van der Waals surface area contributed by atoms with Crippen LogP contribution < -0.4 is 9.47 Å². The number of Topliss-reactive ketones (excluding diaryl/α,β-unsaturated/α-hetero) is 1. The van der Waals surface area contributed by atoms with Crippen molar-refractivity contribution in [3.05, 3.63) is 89.0 Å². The molecule has 0 N–H and O–H groups in total. The molecule has 0 saturated heterocycles. The fourth-order valence-electron chi connectivity index (χ4n) is 4.71. The van der Waals surface area contributed by atoms with Crippen LogP contribution in [0.5, 0.6) is 11.5 Å². The molecule has 1 unspecified atom stereocenters. The molecule has 1 atom stereocenters. The summed E-state index contributed by atoms with van der Waals surface area (Å²) >= 11 is 0. The Morgan fingerprint density at radius 1 is 0.969 bits per heavy atom. The van der Waals surface area contributed by atoms with Crippen LogP contribution in [-0.2, 0) is 11.2 Å². The second-order valence-corrected chi connectivity index (χ2v) is 8.50. The quantitative estimate of drug-likeness (QED) is 0.384. The average Bonchev–Trinajstić information content (AvgIpc) is 2.82. The Labute approximate surface area is 192 Å². The predicted molar refractivity (Wildman–Crippen MR) is 132 cm³/mol. The molecule has 3 aromatic rings. The summed E-state index contributed by atoms with van der Waals surface area (Å²) in [5.41, 5.74) is 7.46. The van der Waals surface area contributed by atoms with E-state index in [1.807, 2.05) is 31.2 Å². The summed E-state index contributed by atoms with van der Waals surface area (Å²) < 4.78 is 10.7. The lowest BCUT2D eigenvalue weighted by atomic mass is 9.76. The molecule has 3 heteroatoms. The number of rotatable bonds is 8. The van der Waals surface area contributed by atoms with E-state index >= 15 is 0 Å². The molecule has 0 spiro atoms. The molecule has 0 fully saturated rings. The van der Waals surface area contributed by atoms with Crippen molar-refractivity contribution >= 4 is 11.9 Å². The molecule has 0 bridgehead atoms. The minimum Gasteiger partial charge on any atom is -0.493 e. The van der Waals surface area contributed by atoms with Crippen LogP contribution in [0.1, 0.15) is 50.2 Å². The monoisotopic (exact) mass is 428 g/mol. The maximum Gasteiger partial charge on any atom is 0.161 e. The van der Waals surface area contributed by atoms with Gasteiger partial charge in [0, 0.05) is 14.3 Å². The van der Waals surface area contributed by atoms with E-state index in [9.17, 15) is 4.79 Å². The lowest BCUT2D eigenvalue weighted by molar-refractivity contribution is -0.118. The van der Waals surface area contributed by atoms with Gasteiger partial charge in [0.05, 0.1) is 14.2 Å². The topological polar surface area (TPSA) is 35.5 Å². The largest absolute Gasteiger partial charge is 0.493 e. The molecule has 0 aromatic heterocycles. The molecule has 3 nitrogen and oxygen atoms in total. The van der Waals surface area contributed by atoms with E-state index in [2.05, 4.69) is 48.5 Å². The van der Waals surface area contributed by atoms with Crippen LogP contribution in [0.25, 0.3) is 17.2 Å². The van der Waals surface area contributed by atoms with Crippen LogP contribution in [0.3, 0.4) is 0 Å². The number of ether oxygens (including phenoxy) is 2. The summed E-state index contributed by atoms with van der Waals surface area (Å²) in [5, 5.41) is 0. The molecule has 4 rings (SSSR count). The van der Waals surface area contributed by atoms with Crippen molar-refractivity contribution in [3.63, 3.8) is 0 Å². The smallest absolute Gasteiger partial charge is 0.161 e. The van der Waals surface area contributed by atoms with Crippen LogP contribution >= 0.6 is 0 Å². The standard InChI is InChI=1S/C29H30O3.H2/c1-20(16-21-12-15-28(31-2)29(18-21)32-3)17-24(30)14-13-23-19-22-8-4-5-9-25(22)27-11-7-6-10-26(23)27;/h4-12,15-16,18,23H,13-14,17,19H2,1-3H3;1H/b20-16+;. The van der Waals surface area contributed by atoms with Gasteiger partial charge in [-0.25, -0.2) is 0 Å². The predicted octanol–water partition coefficient (Wildman–Crippen LogP) is 7.10. The van der Waals surface area contributed by atoms with Crippen molar-refractivity contribution in [2.75, 3.05) is 14.2 Å². The summed E-state index contributed by atoms with van der Waals surface area (Å²) in [4.78, 5) is 12.8. The third-order valence-electron chi connectivity index (χ3n) is 6.24. The zero-order valence-electron chi connectivity index (χ0n) is 19.1. The van der Waals surface area contributed by atoms with Crippen LogP contribution in [0.2, 0.25) is 0 Å². The van der Waals surface area contributed by atoms with Gasteiger partial charge < -0.3 is 9.47 Å². The normalized spacial score (nSPS) is 15.0. The average molecular weight is 429 g/mol. The zero-order chi connectivity index (χ0) is 22.5. The number of benzene rings is 3. The fourth-order valence-corrected chi connectivity index (χ4v) is 4.71. The first-order valence-corrected chi connectivity index (χ1v) is 11.2. The second kappa shape index (κ2) is 9.86. The Morgan fingerprint density at radius 3 is 2.47 bits per heavy atom. The maximum atomic E-state index is 12.8. The molecular formula is C29H32O3. The Bertz CT molecular complexity index is 1150. The number of carbonyl (C=O) groups is 1. The van der Waals surface area contributed by atoms with Crippen molar-refractivity contribution in [2.24, 2.45) is 0 Å². The van der Waals surface area contributed by atoms with E-state index in [4.69, 9.17) is 9.47 Å². The van der Waals surface area contributed by atoms with Gasteiger partial charge in [-0.3, -0.25) is 4.79 Å². The number of hydrogen-bond acceptors (Lipinski definition) is 3. The molecule has 166 valence electrons. The molecular weight excluding hydrogens is 396 g/mol. The number of ketones is 1. The molecule has 0 radical (unpaired) electrons. The van der Waals surface area contributed by atoms with Gasteiger partial charge in [-0.05, 0) is 65.6 Å². The summed E-state index contributed by atoms with van der Waals surface area (Å²) in [7, 11) is 3.25. The van der Waals surface area contributed by atoms with E-state index < -0.39 is 0 Å². The SMILES string of the molecule is COc1ccc(/C=C(\C)CC(=O)CCC2Cc3ccccc3-c3ccccc32)cc1OC.[HH]. The maximum absolute atomic E-state index is 12.8. The number of carbonyl (C=O) groups excluding carboxylic acids is 1. The van der Waals surface area contributed by atoms with Crippen molar-refractivity contribution in [3.8, 4) is 22.6 Å². The summed E-state index contributed by atoms with van der Waals surface area (Å²) in [5.74, 6) is 2.07. The van der Waals surface area contributed by atoms with Crippen LogP contribution in [-0.4, -0.2) is 20.0 Å². The van der Waals surface area contributed by atoms with Gasteiger partial charge in [0.2, 0.25) is 0 Å². The van der Waals surface area contributed by atoms with E-state index in [0.717, 1.165) is 24.0 Å². The molecule has 0 aliphatic heterocycles. The fraction of sp³-hybridized carbons (Fsp3) is 0.276. The van der Waals surface area contributed by atoms with Crippen molar-refractivity contribution in [2.45, 2.75) is 38.5 Å². The number of fused-ring (bicyclic) bond motifs is 3. The summed E-state index contributed by atoms with van der Waals surface area (Å²) in [6, 6.07) is 23.1. The Kier molecular flexibility index (Phi) is 6.75. The first-order valence-electron chi connectivity index (χ1n) is 11.2. The molecule has 1 aliphatic rings. The van der Waals surface area contributed by atoms with Crippen LogP contribution in [0.15, 0.2) is 72.3 Å². The summed E-state index contributed by atoms with van der Waals surface area (Å²) in [6.07, 6.45) is 5.00. The lowest BCUT2D eigenvalue weighted by Crippen LogP contribution is -2.13. The molecule has 0 heterocycles. The zero-order valence-corrected chi connectivity index (χ0v) is 19.1. The van der Waals surface area contributed by atoms with E-state index in [0.29, 0.717) is 30.3 Å². The highest BCUT2D eigenvalue weighted by Crippen LogP contribution is 2.41. The Hall–Kier alpha value is -3.33. The van der Waals surface area contributed by atoms with Gasteiger partial charge in [-0.1, -0.05) is 66.2 Å². The van der Waals surface area contributed by atoms with Gasteiger partial charge in [-0.2, -0.15) is 0 Å². The number of allylic oxidation sites excluding steroid dienone is 1.